The van der Waals surface area contributed by atoms with Gasteiger partial charge < -0.3 is 0 Å². The lowest BCUT2D eigenvalue weighted by atomic mass is 10.0. The van der Waals surface area contributed by atoms with E-state index in [2.05, 4.69) is 29.4 Å². The molecule has 88 valence electrons. The predicted octanol–water partition coefficient (Wildman–Crippen LogP) is 1.94. The van der Waals surface area contributed by atoms with Gasteiger partial charge in [-0.2, -0.15) is 0 Å². The number of benzene rings is 1. The van der Waals surface area contributed by atoms with Gasteiger partial charge in [0.1, 0.15) is 5.69 Å². The van der Waals surface area contributed by atoms with Crippen LogP contribution in [-0.4, -0.2) is 20.8 Å². The van der Waals surface area contributed by atoms with Crippen molar-refractivity contribution in [1.29, 1.82) is 0 Å². The lowest BCUT2D eigenvalue weighted by Gasteiger charge is -2.02. The van der Waals surface area contributed by atoms with E-state index in [1.54, 1.807) is 7.05 Å². The molecule has 2 rings (SSSR count). The lowest BCUT2D eigenvalue weighted by molar-refractivity contribution is 0.0973. The molecule has 4 heteroatoms. The minimum atomic E-state index is 0.0824. The number of hydrogen-bond acceptors (Lipinski definition) is 3. The van der Waals surface area contributed by atoms with Crippen LogP contribution in [0.25, 0.3) is 0 Å². The Morgan fingerprint density at radius 1 is 1.41 bits per heavy atom. The fourth-order valence-corrected chi connectivity index (χ4v) is 1.80. The molecule has 2 aromatic rings. The van der Waals surface area contributed by atoms with Crippen LogP contribution in [0.4, 0.5) is 0 Å². The normalized spacial score (nSPS) is 10.5. The maximum Gasteiger partial charge on any atom is 0.182 e. The fraction of sp³-hybridized carbons (Fsp3) is 0.308. The van der Waals surface area contributed by atoms with Gasteiger partial charge >= 0.3 is 0 Å². The van der Waals surface area contributed by atoms with E-state index in [0.717, 1.165) is 6.42 Å². The van der Waals surface area contributed by atoms with Gasteiger partial charge in [0, 0.05) is 13.5 Å². The quantitative estimate of drug-likeness (QED) is 0.753. The number of Topliss-reactive ketones (excluding diaryl/α,β-unsaturated/α-hetero) is 1. The highest BCUT2D eigenvalue weighted by atomic mass is 16.1. The van der Waals surface area contributed by atoms with Gasteiger partial charge in [-0.25, -0.2) is 4.68 Å². The minimum Gasteiger partial charge on any atom is -0.292 e. The van der Waals surface area contributed by atoms with Crippen LogP contribution in [0.3, 0.4) is 0 Å². The molecule has 0 saturated heterocycles. The molecule has 4 nitrogen and oxygen atoms in total. The summed E-state index contributed by atoms with van der Waals surface area (Å²) in [6, 6.07) is 8.22. The lowest BCUT2D eigenvalue weighted by Crippen LogP contribution is -2.07. The van der Waals surface area contributed by atoms with Crippen molar-refractivity contribution in [2.75, 3.05) is 0 Å². The van der Waals surface area contributed by atoms with Crippen LogP contribution in [0, 0.1) is 6.92 Å². The molecule has 0 radical (unpaired) electrons. The Morgan fingerprint density at radius 3 is 2.88 bits per heavy atom. The smallest absolute Gasteiger partial charge is 0.182 e. The maximum absolute atomic E-state index is 11.9. The van der Waals surface area contributed by atoms with Crippen molar-refractivity contribution in [1.82, 2.24) is 15.0 Å². The molecule has 17 heavy (non-hydrogen) atoms. The topological polar surface area (TPSA) is 47.8 Å². The molecule has 1 heterocycles. The molecule has 0 spiro atoms. The first-order valence-electron chi connectivity index (χ1n) is 5.60. The van der Waals surface area contributed by atoms with Crippen molar-refractivity contribution >= 4 is 5.78 Å². The van der Waals surface area contributed by atoms with Crippen LogP contribution in [0.5, 0.6) is 0 Å². The van der Waals surface area contributed by atoms with Crippen LogP contribution < -0.4 is 0 Å². The van der Waals surface area contributed by atoms with Gasteiger partial charge in [-0.15, -0.1) is 5.10 Å². The predicted molar refractivity (Wildman–Crippen MR) is 64.8 cm³/mol. The number of aryl methyl sites for hydroxylation is 3. The zero-order chi connectivity index (χ0) is 12.3. The number of rotatable bonds is 4. The number of carbonyl (C=O) groups excluding carboxylic acids is 1. The van der Waals surface area contributed by atoms with E-state index < -0.39 is 0 Å². The third-order valence-corrected chi connectivity index (χ3v) is 2.72. The second-order valence-corrected chi connectivity index (χ2v) is 4.16. The summed E-state index contributed by atoms with van der Waals surface area (Å²) in [4.78, 5) is 11.9. The molecular formula is C13H15N3O. The van der Waals surface area contributed by atoms with Crippen LogP contribution in [0.15, 0.2) is 30.5 Å². The number of hydrogen-bond donors (Lipinski definition) is 0. The highest BCUT2D eigenvalue weighted by molar-refractivity contribution is 5.94. The first kappa shape index (κ1) is 11.5. The largest absolute Gasteiger partial charge is 0.292 e. The molecule has 0 aliphatic heterocycles. The zero-order valence-corrected chi connectivity index (χ0v) is 10.1. The van der Waals surface area contributed by atoms with Crippen LogP contribution in [0.2, 0.25) is 0 Å². The fourth-order valence-electron chi connectivity index (χ4n) is 1.80. The standard InChI is InChI=1S/C13H15N3O/c1-10-4-3-5-11(8-10)6-7-13(17)12-9-14-15-16(12)2/h3-5,8-9H,6-7H2,1-2H3. The molecule has 0 unspecified atom stereocenters. The molecular weight excluding hydrogens is 214 g/mol. The Morgan fingerprint density at radius 2 is 2.24 bits per heavy atom. The molecule has 0 fully saturated rings. The Balaban J connectivity index is 1.99. The van der Waals surface area contributed by atoms with Gasteiger partial charge in [0.25, 0.3) is 0 Å². The Labute approximate surface area is 100 Å². The monoisotopic (exact) mass is 229 g/mol. The van der Waals surface area contributed by atoms with Gasteiger partial charge in [0.2, 0.25) is 0 Å². The maximum atomic E-state index is 11.9. The molecule has 0 aliphatic carbocycles. The van der Waals surface area contributed by atoms with Crippen molar-refractivity contribution in [3.05, 3.63) is 47.3 Å². The van der Waals surface area contributed by atoms with Crippen molar-refractivity contribution < 1.29 is 4.79 Å². The van der Waals surface area contributed by atoms with E-state index >= 15 is 0 Å². The third kappa shape index (κ3) is 2.78. The summed E-state index contributed by atoms with van der Waals surface area (Å²) in [6.07, 6.45) is 2.76. The summed E-state index contributed by atoms with van der Waals surface area (Å²) in [5.74, 6) is 0.0824. The summed E-state index contributed by atoms with van der Waals surface area (Å²) in [5, 5.41) is 7.46. The number of aromatic nitrogens is 3. The van der Waals surface area contributed by atoms with E-state index in [9.17, 15) is 4.79 Å². The first-order chi connectivity index (χ1) is 8.16. The molecule has 0 N–H and O–H groups in total. The Bertz CT molecular complexity index is 531. The second kappa shape index (κ2) is 4.91. The van der Waals surface area contributed by atoms with E-state index in [4.69, 9.17) is 0 Å². The number of ketones is 1. The SMILES string of the molecule is Cc1cccc(CCC(=O)c2cnnn2C)c1. The van der Waals surface area contributed by atoms with Gasteiger partial charge in [-0.3, -0.25) is 4.79 Å². The summed E-state index contributed by atoms with van der Waals surface area (Å²) in [5.41, 5.74) is 2.98. The van der Waals surface area contributed by atoms with Crippen molar-refractivity contribution in [3.8, 4) is 0 Å². The highest BCUT2D eigenvalue weighted by Gasteiger charge is 2.10. The van der Waals surface area contributed by atoms with Crippen LogP contribution >= 0.6 is 0 Å². The number of carbonyl (C=O) groups is 1. The van der Waals surface area contributed by atoms with Crippen LogP contribution in [-0.2, 0) is 13.5 Å². The summed E-state index contributed by atoms with van der Waals surface area (Å²) in [7, 11) is 1.73. The molecule has 0 aliphatic rings. The molecule has 0 amide bonds. The van der Waals surface area contributed by atoms with Gasteiger partial charge in [-0.1, -0.05) is 35.0 Å². The summed E-state index contributed by atoms with van der Waals surface area (Å²) >= 11 is 0. The summed E-state index contributed by atoms with van der Waals surface area (Å²) < 4.78 is 1.51. The van der Waals surface area contributed by atoms with Gasteiger partial charge in [-0.05, 0) is 18.9 Å². The molecule has 1 aromatic heterocycles. The molecule has 1 aromatic carbocycles. The number of nitrogens with zero attached hydrogens (tertiary/aromatic N) is 3. The van der Waals surface area contributed by atoms with Crippen molar-refractivity contribution in [2.45, 2.75) is 19.8 Å². The third-order valence-electron chi connectivity index (χ3n) is 2.72. The van der Waals surface area contributed by atoms with E-state index in [-0.39, 0.29) is 5.78 Å². The second-order valence-electron chi connectivity index (χ2n) is 4.16. The molecule has 0 saturated carbocycles. The van der Waals surface area contributed by atoms with Crippen molar-refractivity contribution in [2.24, 2.45) is 7.05 Å². The molecule has 0 bridgehead atoms. The average molecular weight is 229 g/mol. The molecule has 0 atom stereocenters. The van der Waals surface area contributed by atoms with E-state index in [0.29, 0.717) is 12.1 Å². The Hall–Kier alpha value is -1.97. The van der Waals surface area contributed by atoms with Gasteiger partial charge in [0.05, 0.1) is 6.20 Å². The average Bonchev–Trinajstić information content (AvgIpc) is 2.72. The van der Waals surface area contributed by atoms with E-state index in [1.807, 2.05) is 12.1 Å². The van der Waals surface area contributed by atoms with Crippen molar-refractivity contribution in [3.63, 3.8) is 0 Å². The first-order valence-corrected chi connectivity index (χ1v) is 5.60. The van der Waals surface area contributed by atoms with E-state index in [1.165, 1.54) is 22.0 Å². The Kier molecular flexibility index (Phi) is 3.32. The van der Waals surface area contributed by atoms with Gasteiger partial charge in [0.15, 0.2) is 5.78 Å². The zero-order valence-electron chi connectivity index (χ0n) is 10.1. The highest BCUT2D eigenvalue weighted by Crippen LogP contribution is 2.09. The summed E-state index contributed by atoms with van der Waals surface area (Å²) in [6.45, 7) is 2.05. The minimum absolute atomic E-state index is 0.0824. The van der Waals surface area contributed by atoms with Crippen LogP contribution in [0.1, 0.15) is 28.0 Å².